The summed E-state index contributed by atoms with van der Waals surface area (Å²) in [6.07, 6.45) is 0. The van der Waals surface area contributed by atoms with Crippen LogP contribution in [0, 0.1) is 0 Å². The number of hydrogen-bond donors (Lipinski definition) is 0. The second-order valence-corrected chi connectivity index (χ2v) is 7.37. The molecule has 2 aromatic carbocycles. The van der Waals surface area contributed by atoms with Crippen LogP contribution in [0.2, 0.25) is 10.0 Å². The summed E-state index contributed by atoms with van der Waals surface area (Å²) in [6, 6.07) is 9.79. The highest BCUT2D eigenvalue weighted by molar-refractivity contribution is 7.89. The Morgan fingerprint density at radius 3 is 2.46 bits per heavy atom. The van der Waals surface area contributed by atoms with Crippen LogP contribution in [-0.4, -0.2) is 33.0 Å². The zero-order chi connectivity index (χ0) is 17.9. The summed E-state index contributed by atoms with van der Waals surface area (Å²) in [7, 11) is -1.41. The van der Waals surface area contributed by atoms with Crippen LogP contribution in [0.1, 0.15) is 10.4 Å². The molecule has 2 aromatic rings. The minimum atomic E-state index is -3.87. The van der Waals surface area contributed by atoms with E-state index in [0.717, 1.165) is 0 Å². The topological polar surface area (TPSA) is 72.9 Å². The first kappa shape index (κ1) is 18.7. The maximum Gasteiger partial charge on any atom is 0.343 e. The minimum absolute atomic E-state index is 0.0478. The fraction of sp³-hybridized carbons (Fsp3) is 0.133. The van der Waals surface area contributed by atoms with Crippen molar-refractivity contribution in [1.29, 1.82) is 0 Å². The second-order valence-electron chi connectivity index (χ2n) is 4.59. The van der Waals surface area contributed by atoms with Crippen molar-refractivity contribution in [2.24, 2.45) is 0 Å². The average molecular weight is 390 g/mol. The number of nitrogens with zero attached hydrogens (tertiary/aromatic N) is 1. The Morgan fingerprint density at radius 2 is 1.83 bits per heavy atom. The molecule has 0 aromatic heterocycles. The number of carbonyl (C=O) groups excluding carboxylic acids is 1. The molecule has 0 aliphatic carbocycles. The van der Waals surface area contributed by atoms with Crippen molar-refractivity contribution in [2.45, 2.75) is 4.90 Å². The summed E-state index contributed by atoms with van der Waals surface area (Å²) in [5.74, 6) is -0.635. The van der Waals surface area contributed by atoms with E-state index in [1.807, 2.05) is 0 Å². The number of benzene rings is 2. The van der Waals surface area contributed by atoms with Crippen LogP contribution in [0.25, 0.3) is 0 Å². The lowest BCUT2D eigenvalue weighted by Gasteiger charge is -2.14. The number of hydrogen-bond acceptors (Lipinski definition) is 5. The van der Waals surface area contributed by atoms with E-state index < -0.39 is 16.0 Å². The maximum atomic E-state index is 12.2. The van der Waals surface area contributed by atoms with Crippen molar-refractivity contribution >= 4 is 39.2 Å². The van der Waals surface area contributed by atoms with E-state index in [0.29, 0.717) is 9.49 Å². The molecule has 0 heterocycles. The Morgan fingerprint density at radius 1 is 1.12 bits per heavy atom. The first-order chi connectivity index (χ1) is 11.3. The molecule has 0 atom stereocenters. The lowest BCUT2D eigenvalue weighted by atomic mass is 10.2. The monoisotopic (exact) mass is 389 g/mol. The molecule has 0 bridgehead atoms. The third kappa shape index (κ3) is 4.06. The molecule has 0 saturated carbocycles. The van der Waals surface area contributed by atoms with Crippen molar-refractivity contribution in [1.82, 2.24) is 4.47 Å². The number of hydroxylamine groups is 1. The molecule has 0 N–H and O–H groups in total. The first-order valence-electron chi connectivity index (χ1n) is 6.56. The van der Waals surface area contributed by atoms with Crippen molar-refractivity contribution in [3.63, 3.8) is 0 Å². The van der Waals surface area contributed by atoms with E-state index in [1.165, 1.54) is 56.6 Å². The molecule has 0 unspecified atom stereocenters. The molecule has 0 saturated heterocycles. The van der Waals surface area contributed by atoms with Crippen molar-refractivity contribution in [3.05, 3.63) is 58.1 Å². The lowest BCUT2D eigenvalue weighted by molar-refractivity contribution is -0.0258. The molecule has 0 spiro atoms. The molecule has 0 radical (unpaired) electrons. The van der Waals surface area contributed by atoms with Gasteiger partial charge in [-0.05, 0) is 36.4 Å². The molecular formula is C15H13Cl2NO5S. The Bertz CT molecular complexity index is 870. The predicted octanol–water partition coefficient (Wildman–Crippen LogP) is 3.39. The number of carbonyl (C=O) groups is 1. The number of rotatable bonds is 5. The molecule has 0 amide bonds. The number of ether oxygens (including phenoxy) is 1. The Hall–Kier alpha value is -1.64. The van der Waals surface area contributed by atoms with Gasteiger partial charge in [0, 0.05) is 12.1 Å². The predicted molar refractivity (Wildman–Crippen MR) is 89.8 cm³/mol. The molecule has 0 fully saturated rings. The van der Waals surface area contributed by atoms with Gasteiger partial charge in [-0.1, -0.05) is 33.7 Å². The van der Waals surface area contributed by atoms with Crippen LogP contribution >= 0.6 is 23.2 Å². The van der Waals surface area contributed by atoms with E-state index in [2.05, 4.69) is 0 Å². The first-order valence-corrected chi connectivity index (χ1v) is 8.75. The van der Waals surface area contributed by atoms with E-state index >= 15 is 0 Å². The van der Waals surface area contributed by atoms with Crippen molar-refractivity contribution < 1.29 is 22.8 Å². The minimum Gasteiger partial charge on any atom is -0.421 e. The number of sulfonamides is 1. The van der Waals surface area contributed by atoms with Gasteiger partial charge in [0.25, 0.3) is 10.0 Å². The molecule has 9 heteroatoms. The van der Waals surface area contributed by atoms with E-state index in [9.17, 15) is 13.2 Å². The summed E-state index contributed by atoms with van der Waals surface area (Å²) in [5.41, 5.74) is 0.0478. The van der Waals surface area contributed by atoms with Crippen LogP contribution < -0.4 is 4.74 Å². The molecule has 24 heavy (non-hydrogen) atoms. The van der Waals surface area contributed by atoms with Gasteiger partial charge in [0.2, 0.25) is 0 Å². The van der Waals surface area contributed by atoms with Gasteiger partial charge in [-0.3, -0.25) is 4.84 Å². The number of halogens is 2. The average Bonchev–Trinajstić information content (AvgIpc) is 2.56. The SMILES string of the molecule is CON(C)S(=O)(=O)c1cccc(C(=O)Oc2ccc(Cl)cc2Cl)c1. The zero-order valence-electron chi connectivity index (χ0n) is 12.7. The molecule has 0 aliphatic heterocycles. The standard InChI is InChI=1S/C15H13Cl2NO5S/c1-18(22-2)24(20,21)12-5-3-4-10(8-12)15(19)23-14-7-6-11(16)9-13(14)17/h3-9H,1-2H3. The zero-order valence-corrected chi connectivity index (χ0v) is 15.0. The fourth-order valence-electron chi connectivity index (χ4n) is 1.75. The van der Waals surface area contributed by atoms with Gasteiger partial charge in [-0.25, -0.2) is 13.2 Å². The van der Waals surface area contributed by atoms with E-state index in [4.69, 9.17) is 32.8 Å². The third-order valence-corrected chi connectivity index (χ3v) is 5.27. The summed E-state index contributed by atoms with van der Waals surface area (Å²) in [6.45, 7) is 0. The van der Waals surface area contributed by atoms with Crippen LogP contribution in [0.3, 0.4) is 0 Å². The largest absolute Gasteiger partial charge is 0.421 e. The van der Waals surface area contributed by atoms with Gasteiger partial charge in [-0.2, -0.15) is 0 Å². The van der Waals surface area contributed by atoms with Gasteiger partial charge in [0.05, 0.1) is 22.6 Å². The Labute approximate surface area is 149 Å². The van der Waals surface area contributed by atoms with Crippen LogP contribution in [0.15, 0.2) is 47.4 Å². The fourth-order valence-corrected chi connectivity index (χ4v) is 3.21. The van der Waals surface area contributed by atoms with Gasteiger partial charge >= 0.3 is 5.97 Å². The Balaban J connectivity index is 2.30. The van der Waals surface area contributed by atoms with Gasteiger partial charge in [0.1, 0.15) is 5.75 Å². The van der Waals surface area contributed by atoms with Crippen LogP contribution in [0.4, 0.5) is 0 Å². The smallest absolute Gasteiger partial charge is 0.343 e. The normalized spacial score (nSPS) is 11.5. The summed E-state index contributed by atoms with van der Waals surface area (Å²) in [5, 5.41) is 0.564. The quantitative estimate of drug-likeness (QED) is 0.445. The molecule has 0 aliphatic rings. The van der Waals surface area contributed by atoms with Gasteiger partial charge < -0.3 is 4.74 Å². The highest BCUT2D eigenvalue weighted by Crippen LogP contribution is 2.28. The molecule has 2 rings (SSSR count). The van der Waals surface area contributed by atoms with Gasteiger partial charge in [-0.15, -0.1) is 0 Å². The second kappa shape index (κ2) is 7.50. The molecule has 128 valence electrons. The summed E-state index contributed by atoms with van der Waals surface area (Å²) in [4.78, 5) is 16.8. The molecule has 6 nitrogen and oxygen atoms in total. The van der Waals surface area contributed by atoms with E-state index in [-0.39, 0.29) is 21.2 Å². The highest BCUT2D eigenvalue weighted by Gasteiger charge is 2.22. The van der Waals surface area contributed by atoms with Gasteiger partial charge in [0.15, 0.2) is 0 Å². The van der Waals surface area contributed by atoms with Crippen molar-refractivity contribution in [3.8, 4) is 5.75 Å². The van der Waals surface area contributed by atoms with Crippen LogP contribution in [-0.2, 0) is 14.9 Å². The van der Waals surface area contributed by atoms with Crippen molar-refractivity contribution in [2.75, 3.05) is 14.2 Å². The molecular weight excluding hydrogens is 377 g/mol. The van der Waals surface area contributed by atoms with Crippen LogP contribution in [0.5, 0.6) is 5.75 Å². The maximum absolute atomic E-state index is 12.2. The highest BCUT2D eigenvalue weighted by atomic mass is 35.5. The number of esters is 1. The summed E-state index contributed by atoms with van der Waals surface area (Å²) < 4.78 is 30.3. The van der Waals surface area contributed by atoms with E-state index in [1.54, 1.807) is 0 Å². The third-order valence-electron chi connectivity index (χ3n) is 3.06. The summed E-state index contributed by atoms with van der Waals surface area (Å²) >= 11 is 11.7. The lowest BCUT2D eigenvalue weighted by Crippen LogP contribution is -2.26. The Kier molecular flexibility index (Phi) is 5.84.